The molecule has 0 spiro atoms. The standard InChI is InChI=1S/C33H30N4O2S/c1-3-38-26-17-13-24(14-18-26)36-22-8-11-29(36)32-31(28-10-6-7-21-34-28)35-33(40)37(32)25-15-19-27(20-16-25)39-30-12-5-4-9-23(30)2/h4-22,31-32H,3H2,1-2H3,(H,35,40). The van der Waals surface area contributed by atoms with Crippen molar-refractivity contribution in [3.8, 4) is 22.9 Å². The molecule has 6 rings (SSSR count). The van der Waals surface area contributed by atoms with Crippen LogP contribution in [0.3, 0.4) is 0 Å². The first-order chi connectivity index (χ1) is 19.6. The molecule has 1 saturated heterocycles. The predicted octanol–water partition coefficient (Wildman–Crippen LogP) is 7.55. The molecule has 0 aliphatic carbocycles. The van der Waals surface area contributed by atoms with Crippen molar-refractivity contribution in [2.45, 2.75) is 25.9 Å². The first-order valence-corrected chi connectivity index (χ1v) is 13.8. The highest BCUT2D eigenvalue weighted by atomic mass is 32.1. The summed E-state index contributed by atoms with van der Waals surface area (Å²) in [5, 5.41) is 4.20. The molecule has 5 aromatic rings. The summed E-state index contributed by atoms with van der Waals surface area (Å²) in [5.41, 5.74) is 5.12. The maximum atomic E-state index is 6.16. The normalized spacial score (nSPS) is 16.6. The average Bonchev–Trinajstić information content (AvgIpc) is 3.60. The van der Waals surface area contributed by atoms with Gasteiger partial charge in [-0.2, -0.15) is 0 Å². The third-order valence-electron chi connectivity index (χ3n) is 7.04. The van der Waals surface area contributed by atoms with Crippen molar-refractivity contribution in [1.82, 2.24) is 14.9 Å². The number of ether oxygens (including phenoxy) is 2. The van der Waals surface area contributed by atoms with E-state index < -0.39 is 0 Å². The van der Waals surface area contributed by atoms with Gasteiger partial charge in [-0.3, -0.25) is 4.98 Å². The smallest absolute Gasteiger partial charge is 0.174 e. The van der Waals surface area contributed by atoms with Gasteiger partial charge < -0.3 is 24.3 Å². The van der Waals surface area contributed by atoms with E-state index in [-0.39, 0.29) is 12.1 Å². The van der Waals surface area contributed by atoms with Crippen molar-refractivity contribution in [3.63, 3.8) is 0 Å². The summed E-state index contributed by atoms with van der Waals surface area (Å²) >= 11 is 5.94. The Morgan fingerprint density at radius 1 is 0.825 bits per heavy atom. The number of aryl methyl sites for hydroxylation is 1. The van der Waals surface area contributed by atoms with Gasteiger partial charge >= 0.3 is 0 Å². The Labute approximate surface area is 239 Å². The minimum absolute atomic E-state index is 0.145. The largest absolute Gasteiger partial charge is 0.494 e. The number of hydrogen-bond acceptors (Lipinski definition) is 4. The van der Waals surface area contributed by atoms with Crippen LogP contribution >= 0.6 is 12.2 Å². The Balaban J connectivity index is 1.38. The van der Waals surface area contributed by atoms with E-state index in [0.29, 0.717) is 11.7 Å². The molecule has 2 atom stereocenters. The minimum Gasteiger partial charge on any atom is -0.494 e. The number of nitrogens with one attached hydrogen (secondary N) is 1. The maximum absolute atomic E-state index is 6.16. The highest BCUT2D eigenvalue weighted by Crippen LogP contribution is 2.42. The fraction of sp³-hybridized carbons (Fsp3) is 0.152. The Morgan fingerprint density at radius 2 is 1.55 bits per heavy atom. The second-order valence-electron chi connectivity index (χ2n) is 9.59. The number of pyridine rings is 1. The number of hydrogen-bond donors (Lipinski definition) is 1. The molecule has 0 amide bonds. The zero-order valence-corrected chi connectivity index (χ0v) is 23.2. The summed E-state index contributed by atoms with van der Waals surface area (Å²) in [6.45, 7) is 4.66. The first kappa shape index (κ1) is 25.6. The minimum atomic E-state index is -0.146. The molecule has 1 fully saturated rings. The lowest BCUT2D eigenvalue weighted by atomic mass is 10.0. The van der Waals surface area contributed by atoms with Gasteiger partial charge in [0, 0.05) is 29.5 Å². The van der Waals surface area contributed by atoms with E-state index in [1.165, 1.54) is 0 Å². The zero-order chi connectivity index (χ0) is 27.5. The van der Waals surface area contributed by atoms with Crippen LogP contribution in [0, 0.1) is 6.92 Å². The number of aromatic nitrogens is 2. The molecule has 0 bridgehead atoms. The summed E-state index contributed by atoms with van der Waals surface area (Å²) in [4.78, 5) is 6.87. The number of para-hydroxylation sites is 1. The first-order valence-electron chi connectivity index (χ1n) is 13.4. The van der Waals surface area contributed by atoms with Crippen molar-refractivity contribution in [2.75, 3.05) is 11.5 Å². The predicted molar refractivity (Wildman–Crippen MR) is 163 cm³/mol. The van der Waals surface area contributed by atoms with Crippen molar-refractivity contribution in [2.24, 2.45) is 0 Å². The molecule has 2 unspecified atom stereocenters. The third kappa shape index (κ3) is 5.03. The van der Waals surface area contributed by atoms with Crippen LogP contribution in [0.1, 0.15) is 36.0 Å². The van der Waals surface area contributed by atoms with Gasteiger partial charge in [0.15, 0.2) is 5.11 Å². The van der Waals surface area contributed by atoms with E-state index >= 15 is 0 Å². The van der Waals surface area contributed by atoms with E-state index in [9.17, 15) is 0 Å². The number of anilines is 1. The summed E-state index contributed by atoms with van der Waals surface area (Å²) in [7, 11) is 0. The van der Waals surface area contributed by atoms with Crippen LogP contribution in [0.15, 0.2) is 116 Å². The number of thiocarbonyl (C=S) groups is 1. The van der Waals surface area contributed by atoms with Gasteiger partial charge in [0.2, 0.25) is 0 Å². The van der Waals surface area contributed by atoms with Crippen molar-refractivity contribution >= 4 is 23.0 Å². The van der Waals surface area contributed by atoms with Crippen LogP contribution in [0.4, 0.5) is 5.69 Å². The second kappa shape index (κ2) is 11.2. The van der Waals surface area contributed by atoms with Gasteiger partial charge in [-0.05, 0) is 110 Å². The molecule has 1 N–H and O–H groups in total. The van der Waals surface area contributed by atoms with Crippen LogP contribution in [0.2, 0.25) is 0 Å². The quantitative estimate of drug-likeness (QED) is 0.203. The molecule has 3 heterocycles. The molecule has 0 saturated carbocycles. The molecule has 40 heavy (non-hydrogen) atoms. The van der Waals surface area contributed by atoms with Crippen LogP contribution in [0.25, 0.3) is 5.69 Å². The van der Waals surface area contributed by atoms with E-state index in [1.807, 2.05) is 86.8 Å². The maximum Gasteiger partial charge on any atom is 0.174 e. The van der Waals surface area contributed by atoms with Crippen LogP contribution in [0.5, 0.6) is 17.2 Å². The second-order valence-corrected chi connectivity index (χ2v) is 9.97. The molecule has 1 aliphatic heterocycles. The lowest BCUT2D eigenvalue weighted by Crippen LogP contribution is -2.30. The van der Waals surface area contributed by atoms with Gasteiger partial charge in [0.25, 0.3) is 0 Å². The van der Waals surface area contributed by atoms with Gasteiger partial charge in [0.1, 0.15) is 23.3 Å². The van der Waals surface area contributed by atoms with Gasteiger partial charge in [-0.25, -0.2) is 0 Å². The molecular formula is C33H30N4O2S. The number of nitrogens with zero attached hydrogens (tertiary/aromatic N) is 3. The van der Waals surface area contributed by atoms with Gasteiger partial charge in [0.05, 0.1) is 18.3 Å². The molecule has 2 aromatic heterocycles. The molecule has 7 heteroatoms. The molecular weight excluding hydrogens is 516 g/mol. The summed E-state index contributed by atoms with van der Waals surface area (Å²) in [6, 6.07) is 34.2. The van der Waals surface area contributed by atoms with Crippen molar-refractivity contribution < 1.29 is 9.47 Å². The summed E-state index contributed by atoms with van der Waals surface area (Å²) in [5.74, 6) is 2.46. The topological polar surface area (TPSA) is 51.5 Å². The molecule has 1 aliphatic rings. The third-order valence-corrected chi connectivity index (χ3v) is 7.36. The van der Waals surface area contributed by atoms with E-state index in [2.05, 4.69) is 57.4 Å². The zero-order valence-electron chi connectivity index (χ0n) is 22.4. The highest BCUT2D eigenvalue weighted by molar-refractivity contribution is 7.80. The molecule has 200 valence electrons. The fourth-order valence-electron chi connectivity index (χ4n) is 5.15. The van der Waals surface area contributed by atoms with Gasteiger partial charge in [-0.15, -0.1) is 0 Å². The summed E-state index contributed by atoms with van der Waals surface area (Å²) in [6.07, 6.45) is 3.90. The number of rotatable bonds is 8. The number of benzene rings is 3. The lowest BCUT2D eigenvalue weighted by molar-refractivity contribution is 0.340. The molecule has 6 nitrogen and oxygen atoms in total. The van der Waals surface area contributed by atoms with Gasteiger partial charge in [-0.1, -0.05) is 24.3 Å². The monoisotopic (exact) mass is 546 g/mol. The highest BCUT2D eigenvalue weighted by Gasteiger charge is 2.42. The van der Waals surface area contributed by atoms with E-state index in [1.54, 1.807) is 0 Å². The van der Waals surface area contributed by atoms with Crippen LogP contribution < -0.4 is 19.7 Å². The van der Waals surface area contributed by atoms with E-state index in [0.717, 1.165) is 45.6 Å². The SMILES string of the molecule is CCOc1ccc(-n2cccc2C2C(c3ccccn3)NC(=S)N2c2ccc(Oc3ccccc3C)cc2)cc1. The van der Waals surface area contributed by atoms with Crippen molar-refractivity contribution in [3.05, 3.63) is 132 Å². The lowest BCUT2D eigenvalue weighted by Gasteiger charge is -2.29. The fourth-order valence-corrected chi connectivity index (χ4v) is 5.49. The average molecular weight is 547 g/mol. The Bertz CT molecular complexity index is 1600. The Morgan fingerprint density at radius 3 is 2.27 bits per heavy atom. The Hall–Kier alpha value is -4.62. The van der Waals surface area contributed by atoms with Crippen molar-refractivity contribution in [1.29, 1.82) is 0 Å². The van der Waals surface area contributed by atoms with Crippen LogP contribution in [-0.4, -0.2) is 21.3 Å². The Kier molecular flexibility index (Phi) is 7.21. The molecule has 3 aromatic carbocycles. The van der Waals surface area contributed by atoms with Crippen LogP contribution in [-0.2, 0) is 0 Å². The summed E-state index contributed by atoms with van der Waals surface area (Å²) < 4.78 is 14.0. The molecule has 0 radical (unpaired) electrons. The van der Waals surface area contributed by atoms with E-state index in [4.69, 9.17) is 26.7 Å².